The van der Waals surface area contributed by atoms with Gasteiger partial charge in [0, 0.05) is 11.4 Å². The molecule has 1 aromatic rings. The van der Waals surface area contributed by atoms with Crippen LogP contribution >= 0.6 is 23.2 Å². The van der Waals surface area contributed by atoms with Gasteiger partial charge in [-0.2, -0.15) is 0 Å². The van der Waals surface area contributed by atoms with Crippen molar-refractivity contribution in [2.45, 2.75) is 29.4 Å². The standard InChI is InChI=1S/C11H10Cl2O3S/c12-7-4-5-8(13)11(6-7)17(15,16)10-3-1-2-9(10)14/h4-6,10H,1-3H2. The van der Waals surface area contributed by atoms with Gasteiger partial charge >= 0.3 is 0 Å². The van der Waals surface area contributed by atoms with Crippen molar-refractivity contribution in [1.82, 2.24) is 0 Å². The van der Waals surface area contributed by atoms with Gasteiger partial charge in [0.05, 0.1) is 9.92 Å². The summed E-state index contributed by atoms with van der Waals surface area (Å²) in [6.45, 7) is 0. The molecule has 2 rings (SSSR count). The maximum atomic E-state index is 12.3. The lowest BCUT2D eigenvalue weighted by Gasteiger charge is -2.11. The van der Waals surface area contributed by atoms with Gasteiger partial charge in [0.15, 0.2) is 15.6 Å². The van der Waals surface area contributed by atoms with Crippen LogP contribution in [-0.2, 0) is 14.6 Å². The monoisotopic (exact) mass is 292 g/mol. The van der Waals surface area contributed by atoms with Crippen LogP contribution < -0.4 is 0 Å². The van der Waals surface area contributed by atoms with E-state index in [-0.39, 0.29) is 15.7 Å². The largest absolute Gasteiger partial charge is 0.298 e. The van der Waals surface area contributed by atoms with E-state index in [0.29, 0.717) is 24.3 Å². The SMILES string of the molecule is O=C1CCCC1S(=O)(=O)c1cc(Cl)ccc1Cl. The molecule has 0 aliphatic heterocycles. The summed E-state index contributed by atoms with van der Waals surface area (Å²) in [7, 11) is -3.71. The Labute approximate surface area is 110 Å². The number of rotatable bonds is 2. The summed E-state index contributed by atoms with van der Waals surface area (Å²) < 4.78 is 24.5. The molecule has 1 aliphatic rings. The first-order valence-electron chi connectivity index (χ1n) is 5.14. The number of sulfone groups is 1. The second-order valence-corrected chi connectivity index (χ2v) is 6.91. The highest BCUT2D eigenvalue weighted by Gasteiger charge is 2.38. The molecule has 1 atom stereocenters. The molecule has 6 heteroatoms. The first-order chi connectivity index (χ1) is 7.93. The Hall–Kier alpha value is -0.580. The van der Waals surface area contributed by atoms with Gasteiger partial charge in [0.2, 0.25) is 0 Å². The number of ketones is 1. The number of hydrogen-bond donors (Lipinski definition) is 0. The highest BCUT2D eigenvalue weighted by molar-refractivity contribution is 7.93. The normalized spacial score (nSPS) is 20.8. The smallest absolute Gasteiger partial charge is 0.189 e. The zero-order valence-electron chi connectivity index (χ0n) is 8.82. The van der Waals surface area contributed by atoms with Crippen molar-refractivity contribution in [1.29, 1.82) is 0 Å². The second kappa shape index (κ2) is 4.59. The van der Waals surface area contributed by atoms with Gasteiger partial charge in [0.1, 0.15) is 5.25 Å². The molecular formula is C11H10Cl2O3S. The number of benzene rings is 1. The molecule has 0 spiro atoms. The molecule has 0 bridgehead atoms. The average molecular weight is 293 g/mol. The van der Waals surface area contributed by atoms with Crippen molar-refractivity contribution in [3.63, 3.8) is 0 Å². The zero-order valence-corrected chi connectivity index (χ0v) is 11.1. The summed E-state index contributed by atoms with van der Waals surface area (Å²) >= 11 is 11.6. The maximum Gasteiger partial charge on any atom is 0.189 e. The fraction of sp³-hybridized carbons (Fsp3) is 0.364. The van der Waals surface area contributed by atoms with E-state index in [4.69, 9.17) is 23.2 Å². The molecule has 0 N–H and O–H groups in total. The molecular weight excluding hydrogens is 283 g/mol. The Morgan fingerprint density at radius 1 is 1.24 bits per heavy atom. The van der Waals surface area contributed by atoms with Crippen molar-refractivity contribution in [3.8, 4) is 0 Å². The molecule has 0 saturated heterocycles. The van der Waals surface area contributed by atoms with Gasteiger partial charge in [-0.05, 0) is 31.0 Å². The van der Waals surface area contributed by atoms with E-state index in [9.17, 15) is 13.2 Å². The Kier molecular flexibility index (Phi) is 3.48. The number of halogens is 2. The highest BCUT2D eigenvalue weighted by Crippen LogP contribution is 2.32. The van der Waals surface area contributed by atoms with E-state index in [1.165, 1.54) is 18.2 Å². The minimum Gasteiger partial charge on any atom is -0.298 e. The molecule has 1 fully saturated rings. The second-order valence-electron chi connectivity index (χ2n) is 3.97. The summed E-state index contributed by atoms with van der Waals surface area (Å²) in [5.74, 6) is -0.235. The summed E-state index contributed by atoms with van der Waals surface area (Å²) in [4.78, 5) is 11.5. The Bertz CT molecular complexity index is 566. The van der Waals surface area contributed by atoms with E-state index in [1.807, 2.05) is 0 Å². The summed E-state index contributed by atoms with van der Waals surface area (Å²) in [6.07, 6.45) is 1.30. The van der Waals surface area contributed by atoms with Crippen LogP contribution in [0.1, 0.15) is 19.3 Å². The van der Waals surface area contributed by atoms with Crippen LogP contribution in [0.4, 0.5) is 0 Å². The Balaban J connectivity index is 2.51. The number of carbonyl (C=O) groups excluding carboxylic acids is 1. The first-order valence-corrected chi connectivity index (χ1v) is 7.45. The minimum atomic E-state index is -3.71. The van der Waals surface area contributed by atoms with Gasteiger partial charge in [-0.15, -0.1) is 0 Å². The van der Waals surface area contributed by atoms with Crippen LogP contribution in [0.25, 0.3) is 0 Å². The molecule has 1 aromatic carbocycles. The first kappa shape index (κ1) is 12.9. The molecule has 0 aromatic heterocycles. The quantitative estimate of drug-likeness (QED) is 0.842. The molecule has 17 heavy (non-hydrogen) atoms. The van der Waals surface area contributed by atoms with Crippen molar-refractivity contribution in [2.24, 2.45) is 0 Å². The fourth-order valence-corrected chi connectivity index (χ4v) is 4.52. The molecule has 1 saturated carbocycles. The van der Waals surface area contributed by atoms with Crippen LogP contribution in [0.2, 0.25) is 10.0 Å². The van der Waals surface area contributed by atoms with Crippen molar-refractivity contribution < 1.29 is 13.2 Å². The lowest BCUT2D eigenvalue weighted by Crippen LogP contribution is -2.25. The predicted molar refractivity (Wildman–Crippen MR) is 66.3 cm³/mol. The molecule has 0 amide bonds. The average Bonchev–Trinajstić information content (AvgIpc) is 2.68. The lowest BCUT2D eigenvalue weighted by atomic mass is 10.3. The highest BCUT2D eigenvalue weighted by atomic mass is 35.5. The van der Waals surface area contributed by atoms with Gasteiger partial charge < -0.3 is 0 Å². The van der Waals surface area contributed by atoms with Crippen LogP contribution in [-0.4, -0.2) is 19.5 Å². The van der Waals surface area contributed by atoms with E-state index >= 15 is 0 Å². The van der Waals surface area contributed by atoms with Crippen molar-refractivity contribution >= 4 is 38.8 Å². The fourth-order valence-electron chi connectivity index (χ4n) is 1.96. The van der Waals surface area contributed by atoms with Crippen molar-refractivity contribution in [3.05, 3.63) is 28.2 Å². The van der Waals surface area contributed by atoms with E-state index < -0.39 is 15.1 Å². The number of carbonyl (C=O) groups is 1. The summed E-state index contributed by atoms with van der Waals surface area (Å²) in [6, 6.07) is 4.24. The third-order valence-corrected chi connectivity index (χ3v) is 5.70. The molecule has 0 heterocycles. The number of hydrogen-bond acceptors (Lipinski definition) is 3. The van der Waals surface area contributed by atoms with Gasteiger partial charge in [-0.3, -0.25) is 4.79 Å². The molecule has 0 radical (unpaired) electrons. The number of Topliss-reactive ketones (excluding diaryl/α,β-unsaturated/α-hetero) is 1. The lowest BCUT2D eigenvalue weighted by molar-refractivity contribution is -0.117. The van der Waals surface area contributed by atoms with Crippen LogP contribution in [0.3, 0.4) is 0 Å². The minimum absolute atomic E-state index is 0.0492. The summed E-state index contributed by atoms with van der Waals surface area (Å²) in [5, 5.41) is -0.564. The van der Waals surface area contributed by atoms with Crippen LogP contribution in [0.15, 0.2) is 23.1 Å². The van der Waals surface area contributed by atoms with Gasteiger partial charge in [-0.1, -0.05) is 23.2 Å². The topological polar surface area (TPSA) is 51.2 Å². The Morgan fingerprint density at radius 2 is 1.94 bits per heavy atom. The molecule has 1 unspecified atom stereocenters. The third-order valence-electron chi connectivity index (χ3n) is 2.82. The van der Waals surface area contributed by atoms with E-state index in [0.717, 1.165) is 0 Å². The van der Waals surface area contributed by atoms with Crippen LogP contribution in [0.5, 0.6) is 0 Å². The van der Waals surface area contributed by atoms with Gasteiger partial charge in [0.25, 0.3) is 0 Å². The third kappa shape index (κ3) is 2.34. The molecule has 1 aliphatic carbocycles. The van der Waals surface area contributed by atoms with Crippen LogP contribution in [0, 0.1) is 0 Å². The predicted octanol–water partition coefficient (Wildman–Crippen LogP) is 2.89. The Morgan fingerprint density at radius 3 is 2.53 bits per heavy atom. The van der Waals surface area contributed by atoms with Crippen molar-refractivity contribution in [2.75, 3.05) is 0 Å². The van der Waals surface area contributed by atoms with E-state index in [2.05, 4.69) is 0 Å². The zero-order chi connectivity index (χ0) is 12.6. The van der Waals surface area contributed by atoms with Gasteiger partial charge in [-0.25, -0.2) is 8.42 Å². The summed E-state index contributed by atoms with van der Waals surface area (Å²) in [5.41, 5.74) is 0. The maximum absolute atomic E-state index is 12.3. The molecule has 3 nitrogen and oxygen atoms in total. The van der Waals surface area contributed by atoms with E-state index in [1.54, 1.807) is 0 Å². The molecule has 92 valence electrons.